The SMILES string of the molecule is c1ccc(CC2=NCCN2)cc1.c1ccc2[nH]c(-c3cscn3)nc2c1. The molecular weight excluding hydrogens is 342 g/mol. The molecular formula is C20H19N5S. The molecule has 6 heteroatoms. The molecule has 0 unspecified atom stereocenters. The molecule has 4 aromatic rings. The molecule has 2 aromatic heterocycles. The number of hydrogen-bond acceptors (Lipinski definition) is 5. The van der Waals surface area contributed by atoms with E-state index in [2.05, 4.69) is 49.5 Å². The van der Waals surface area contributed by atoms with Crippen LogP contribution in [0, 0.1) is 0 Å². The predicted molar refractivity (Wildman–Crippen MR) is 108 cm³/mol. The lowest BCUT2D eigenvalue weighted by Crippen LogP contribution is -2.20. The molecule has 0 saturated carbocycles. The van der Waals surface area contributed by atoms with Crippen LogP contribution in [-0.4, -0.2) is 33.9 Å². The minimum atomic E-state index is 0.840. The Balaban J connectivity index is 0.000000131. The van der Waals surface area contributed by atoms with E-state index in [9.17, 15) is 0 Å². The molecule has 5 nitrogen and oxygen atoms in total. The highest BCUT2D eigenvalue weighted by atomic mass is 32.1. The summed E-state index contributed by atoms with van der Waals surface area (Å²) in [5, 5.41) is 5.24. The molecule has 0 radical (unpaired) electrons. The maximum atomic E-state index is 4.44. The van der Waals surface area contributed by atoms with E-state index in [-0.39, 0.29) is 0 Å². The number of thiazole rings is 1. The third-order valence-corrected chi connectivity index (χ3v) is 4.61. The predicted octanol–water partition coefficient (Wildman–Crippen LogP) is 3.92. The minimum absolute atomic E-state index is 0.840. The zero-order valence-corrected chi connectivity index (χ0v) is 15.0. The highest BCUT2D eigenvalue weighted by molar-refractivity contribution is 7.07. The van der Waals surface area contributed by atoms with E-state index in [0.717, 1.165) is 47.9 Å². The van der Waals surface area contributed by atoms with Crippen LogP contribution in [0.3, 0.4) is 0 Å². The molecule has 2 N–H and O–H groups in total. The number of nitrogens with zero attached hydrogens (tertiary/aromatic N) is 3. The monoisotopic (exact) mass is 361 g/mol. The summed E-state index contributed by atoms with van der Waals surface area (Å²) >= 11 is 1.57. The standard InChI is InChI=1S/C10H7N3S.C10H12N2/c1-2-4-8-7(3-1)12-10(13-8)9-5-14-6-11-9;1-2-4-9(5-3-1)8-10-11-6-7-12-10/h1-6H,(H,12,13);1-5H,6-8H2,(H,11,12). The Kier molecular flexibility index (Phi) is 5.02. The average molecular weight is 361 g/mol. The van der Waals surface area contributed by atoms with Crippen LogP contribution in [0.15, 0.2) is 70.5 Å². The molecule has 1 aliphatic rings. The second kappa shape index (κ2) is 7.93. The first-order valence-electron chi connectivity index (χ1n) is 8.53. The van der Waals surface area contributed by atoms with Crippen LogP contribution >= 0.6 is 11.3 Å². The van der Waals surface area contributed by atoms with Gasteiger partial charge in [0.2, 0.25) is 0 Å². The summed E-state index contributed by atoms with van der Waals surface area (Å²) in [6, 6.07) is 18.4. The zero-order chi connectivity index (χ0) is 17.6. The molecule has 0 atom stereocenters. The number of imidazole rings is 1. The van der Waals surface area contributed by atoms with Crippen LogP contribution in [0.2, 0.25) is 0 Å². The van der Waals surface area contributed by atoms with E-state index in [1.165, 1.54) is 5.56 Å². The summed E-state index contributed by atoms with van der Waals surface area (Å²) in [5.41, 5.74) is 6.07. The molecule has 5 rings (SSSR count). The van der Waals surface area contributed by atoms with Crippen molar-refractivity contribution < 1.29 is 0 Å². The first-order valence-corrected chi connectivity index (χ1v) is 9.47. The fourth-order valence-corrected chi connectivity index (χ4v) is 3.29. The van der Waals surface area contributed by atoms with Gasteiger partial charge in [0.25, 0.3) is 0 Å². The maximum absolute atomic E-state index is 4.44. The van der Waals surface area contributed by atoms with Crippen molar-refractivity contribution >= 4 is 28.2 Å². The number of rotatable bonds is 3. The Hall–Kier alpha value is -2.99. The van der Waals surface area contributed by atoms with Gasteiger partial charge in [-0.3, -0.25) is 4.99 Å². The molecule has 0 saturated heterocycles. The van der Waals surface area contributed by atoms with E-state index >= 15 is 0 Å². The summed E-state index contributed by atoms with van der Waals surface area (Å²) < 4.78 is 0. The quantitative estimate of drug-likeness (QED) is 0.581. The molecule has 0 aliphatic carbocycles. The van der Waals surface area contributed by atoms with Crippen LogP contribution in [0.4, 0.5) is 0 Å². The lowest BCUT2D eigenvalue weighted by atomic mass is 10.1. The Morgan fingerprint density at radius 3 is 2.58 bits per heavy atom. The van der Waals surface area contributed by atoms with Gasteiger partial charge in [-0.1, -0.05) is 42.5 Å². The van der Waals surface area contributed by atoms with E-state index in [1.807, 2.05) is 41.2 Å². The number of aromatic amines is 1. The number of hydrogen-bond donors (Lipinski definition) is 2. The van der Waals surface area contributed by atoms with Gasteiger partial charge in [0.1, 0.15) is 11.5 Å². The molecule has 0 amide bonds. The van der Waals surface area contributed by atoms with Gasteiger partial charge in [0.05, 0.1) is 23.1 Å². The van der Waals surface area contributed by atoms with E-state index in [0.29, 0.717) is 0 Å². The van der Waals surface area contributed by atoms with Crippen LogP contribution < -0.4 is 5.32 Å². The van der Waals surface area contributed by atoms with Crippen molar-refractivity contribution in [3.63, 3.8) is 0 Å². The first kappa shape index (κ1) is 16.5. The average Bonchev–Trinajstić information content (AvgIpc) is 3.44. The zero-order valence-electron chi connectivity index (χ0n) is 14.2. The molecule has 1 aliphatic heterocycles. The highest BCUT2D eigenvalue weighted by Gasteiger charge is 2.05. The van der Waals surface area contributed by atoms with Gasteiger partial charge in [-0.05, 0) is 17.7 Å². The van der Waals surface area contributed by atoms with Crippen LogP contribution in [0.25, 0.3) is 22.6 Å². The van der Waals surface area contributed by atoms with Crippen molar-refractivity contribution in [2.24, 2.45) is 4.99 Å². The third-order valence-electron chi connectivity index (χ3n) is 4.02. The second-order valence-corrected chi connectivity index (χ2v) is 6.61. The summed E-state index contributed by atoms with van der Waals surface area (Å²) in [7, 11) is 0. The summed E-state index contributed by atoms with van der Waals surface area (Å²) in [6.07, 6.45) is 0.945. The van der Waals surface area contributed by atoms with Crippen molar-refractivity contribution in [2.45, 2.75) is 6.42 Å². The third kappa shape index (κ3) is 3.97. The van der Waals surface area contributed by atoms with Crippen molar-refractivity contribution in [3.05, 3.63) is 71.1 Å². The van der Waals surface area contributed by atoms with Gasteiger partial charge in [0.15, 0.2) is 5.82 Å². The molecule has 2 aromatic carbocycles. The Bertz CT molecular complexity index is 956. The lowest BCUT2D eigenvalue weighted by Gasteiger charge is -2.00. The number of fused-ring (bicyclic) bond motifs is 1. The summed E-state index contributed by atoms with van der Waals surface area (Å²) in [5.74, 6) is 1.97. The smallest absolute Gasteiger partial charge is 0.158 e. The molecule has 0 fully saturated rings. The fourth-order valence-electron chi connectivity index (χ4n) is 2.76. The number of benzene rings is 2. The highest BCUT2D eigenvalue weighted by Crippen LogP contribution is 2.19. The number of H-pyrrole nitrogens is 1. The topological polar surface area (TPSA) is 66.0 Å². The molecule has 3 heterocycles. The number of aromatic nitrogens is 3. The number of para-hydroxylation sites is 2. The number of aliphatic imine (C=N–C) groups is 1. The van der Waals surface area contributed by atoms with Gasteiger partial charge in [-0.15, -0.1) is 11.3 Å². The van der Waals surface area contributed by atoms with Crippen LogP contribution in [0.5, 0.6) is 0 Å². The number of amidine groups is 1. The van der Waals surface area contributed by atoms with Crippen LogP contribution in [0.1, 0.15) is 5.56 Å². The molecule has 130 valence electrons. The number of nitrogens with one attached hydrogen (secondary N) is 2. The van der Waals surface area contributed by atoms with Crippen molar-refractivity contribution in [1.29, 1.82) is 0 Å². The van der Waals surface area contributed by atoms with Gasteiger partial charge in [-0.25, -0.2) is 9.97 Å². The fraction of sp³-hybridized carbons (Fsp3) is 0.150. The lowest BCUT2D eigenvalue weighted by molar-refractivity contribution is 0.953. The second-order valence-electron chi connectivity index (χ2n) is 5.89. The van der Waals surface area contributed by atoms with E-state index < -0.39 is 0 Å². The van der Waals surface area contributed by atoms with Crippen molar-refractivity contribution in [1.82, 2.24) is 20.3 Å². The normalized spacial score (nSPS) is 13.0. The van der Waals surface area contributed by atoms with Gasteiger partial charge >= 0.3 is 0 Å². The summed E-state index contributed by atoms with van der Waals surface area (Å²) in [4.78, 5) is 16.2. The van der Waals surface area contributed by atoms with Gasteiger partial charge in [0, 0.05) is 18.3 Å². The first-order chi connectivity index (χ1) is 12.9. The largest absolute Gasteiger partial charge is 0.372 e. The molecule has 26 heavy (non-hydrogen) atoms. The van der Waals surface area contributed by atoms with Crippen LogP contribution in [-0.2, 0) is 6.42 Å². The maximum Gasteiger partial charge on any atom is 0.158 e. The summed E-state index contributed by atoms with van der Waals surface area (Å²) in [6.45, 7) is 1.93. The van der Waals surface area contributed by atoms with Crippen molar-refractivity contribution in [3.8, 4) is 11.5 Å². The Morgan fingerprint density at radius 1 is 1.00 bits per heavy atom. The van der Waals surface area contributed by atoms with Crippen molar-refractivity contribution in [2.75, 3.05) is 13.1 Å². The Labute approximate surface area is 155 Å². The Morgan fingerprint density at radius 2 is 1.85 bits per heavy atom. The molecule has 0 bridgehead atoms. The molecule has 0 spiro atoms. The van der Waals surface area contributed by atoms with E-state index in [4.69, 9.17) is 0 Å². The van der Waals surface area contributed by atoms with Gasteiger partial charge < -0.3 is 10.3 Å². The van der Waals surface area contributed by atoms with E-state index in [1.54, 1.807) is 11.3 Å². The van der Waals surface area contributed by atoms with Gasteiger partial charge in [-0.2, -0.15) is 0 Å². The minimum Gasteiger partial charge on any atom is -0.372 e.